The van der Waals surface area contributed by atoms with E-state index in [9.17, 15) is 0 Å². The number of halogens is 1. The summed E-state index contributed by atoms with van der Waals surface area (Å²) in [6.45, 7) is 0. The third kappa shape index (κ3) is 1.48. The maximum absolute atomic E-state index is 5.61. The zero-order valence-corrected chi connectivity index (χ0v) is 10.2. The fourth-order valence-electron chi connectivity index (χ4n) is 1.35. The molecule has 80 valence electrons. The fraction of sp³-hybridized carbons (Fsp3) is 0. The Hall–Kier alpha value is -1.47. The summed E-state index contributed by atoms with van der Waals surface area (Å²) in [6, 6.07) is 5.90. The maximum Gasteiger partial charge on any atom is 0.198 e. The molecule has 0 amide bonds. The number of benzene rings is 1. The van der Waals surface area contributed by atoms with Crippen molar-refractivity contribution in [2.24, 2.45) is 0 Å². The van der Waals surface area contributed by atoms with Crippen molar-refractivity contribution in [3.8, 4) is 10.7 Å². The minimum Gasteiger partial charge on any atom is -0.379 e. The Morgan fingerprint density at radius 3 is 2.94 bits per heavy atom. The van der Waals surface area contributed by atoms with Crippen LogP contribution in [-0.2, 0) is 0 Å². The number of aromatic nitrogens is 3. The number of anilines is 1. The third-order valence-electron chi connectivity index (χ3n) is 2.07. The van der Waals surface area contributed by atoms with E-state index in [1.165, 1.54) is 11.3 Å². The molecule has 0 radical (unpaired) electrons. The molecule has 1 aromatic carbocycles. The lowest BCUT2D eigenvalue weighted by Crippen LogP contribution is -1.87. The first kappa shape index (κ1) is 9.73. The average molecular weight is 297 g/mol. The molecule has 5 nitrogen and oxygen atoms in total. The van der Waals surface area contributed by atoms with Crippen LogP contribution in [0.5, 0.6) is 0 Å². The van der Waals surface area contributed by atoms with Crippen molar-refractivity contribution in [2.45, 2.75) is 0 Å². The van der Waals surface area contributed by atoms with Gasteiger partial charge in [0.15, 0.2) is 16.5 Å². The number of nitrogen functional groups attached to an aromatic ring is 1. The van der Waals surface area contributed by atoms with Crippen LogP contribution < -0.4 is 5.73 Å². The first-order valence-electron chi connectivity index (χ1n) is 4.38. The van der Waals surface area contributed by atoms with Gasteiger partial charge in [0, 0.05) is 4.47 Å². The zero-order chi connectivity index (χ0) is 11.1. The van der Waals surface area contributed by atoms with Crippen molar-refractivity contribution in [2.75, 3.05) is 5.73 Å². The number of rotatable bonds is 1. The van der Waals surface area contributed by atoms with Crippen molar-refractivity contribution in [1.29, 1.82) is 0 Å². The number of nitrogens with zero attached hydrogens (tertiary/aromatic N) is 3. The van der Waals surface area contributed by atoms with E-state index in [-0.39, 0.29) is 5.82 Å². The largest absolute Gasteiger partial charge is 0.379 e. The van der Waals surface area contributed by atoms with Crippen LogP contribution in [0.2, 0.25) is 0 Å². The minimum absolute atomic E-state index is 0.262. The van der Waals surface area contributed by atoms with E-state index in [0.29, 0.717) is 10.7 Å². The Morgan fingerprint density at radius 1 is 1.31 bits per heavy atom. The maximum atomic E-state index is 5.61. The summed E-state index contributed by atoms with van der Waals surface area (Å²) in [5.74, 6) is 0.262. The Labute approximate surface area is 102 Å². The van der Waals surface area contributed by atoms with Crippen molar-refractivity contribution in [3.05, 3.63) is 22.7 Å². The lowest BCUT2D eigenvalue weighted by molar-refractivity contribution is 0.310. The number of thiazole rings is 1. The molecule has 3 aromatic rings. The molecular formula is C9H5BrN4OS. The highest BCUT2D eigenvalue weighted by atomic mass is 79.9. The van der Waals surface area contributed by atoms with E-state index < -0.39 is 0 Å². The molecule has 2 aromatic heterocycles. The van der Waals surface area contributed by atoms with Gasteiger partial charge in [0.05, 0.1) is 10.2 Å². The van der Waals surface area contributed by atoms with Crippen LogP contribution in [-0.4, -0.2) is 15.3 Å². The highest BCUT2D eigenvalue weighted by molar-refractivity contribution is 9.10. The summed E-state index contributed by atoms with van der Waals surface area (Å²) in [4.78, 5) is 4.42. The first-order valence-corrected chi connectivity index (χ1v) is 5.99. The minimum atomic E-state index is 0.262. The van der Waals surface area contributed by atoms with E-state index in [4.69, 9.17) is 5.73 Å². The zero-order valence-electron chi connectivity index (χ0n) is 7.85. The second-order valence-corrected chi connectivity index (χ2v) is 5.08. The van der Waals surface area contributed by atoms with Crippen LogP contribution in [0.25, 0.3) is 20.9 Å². The molecule has 7 heteroatoms. The highest BCUT2D eigenvalue weighted by Gasteiger charge is 2.14. The van der Waals surface area contributed by atoms with Crippen molar-refractivity contribution < 1.29 is 4.63 Å². The van der Waals surface area contributed by atoms with Crippen LogP contribution in [0.15, 0.2) is 27.3 Å². The summed E-state index contributed by atoms with van der Waals surface area (Å²) in [5.41, 5.74) is 7.01. The molecule has 0 atom stereocenters. The van der Waals surface area contributed by atoms with Crippen molar-refractivity contribution in [3.63, 3.8) is 0 Å². The Morgan fingerprint density at radius 2 is 2.19 bits per heavy atom. The highest BCUT2D eigenvalue weighted by Crippen LogP contribution is 2.32. The van der Waals surface area contributed by atoms with Gasteiger partial charge in [-0.15, -0.1) is 11.3 Å². The number of fused-ring (bicyclic) bond motifs is 1. The van der Waals surface area contributed by atoms with Crippen LogP contribution in [0.1, 0.15) is 0 Å². The number of hydrogen-bond acceptors (Lipinski definition) is 6. The molecule has 16 heavy (non-hydrogen) atoms. The van der Waals surface area contributed by atoms with Crippen LogP contribution in [0.3, 0.4) is 0 Å². The Kier molecular flexibility index (Phi) is 2.15. The molecule has 0 fully saturated rings. The van der Waals surface area contributed by atoms with Gasteiger partial charge in [-0.2, -0.15) is 0 Å². The molecule has 0 bridgehead atoms. The van der Waals surface area contributed by atoms with E-state index in [1.807, 2.05) is 18.2 Å². The summed E-state index contributed by atoms with van der Waals surface area (Å²) < 4.78 is 6.61. The standard InChI is InChI=1S/C9H5BrN4OS/c10-4-1-2-6-5(3-4)12-9(16-6)7-8(11)14-15-13-7/h1-3H,(H2,11,14). The van der Waals surface area contributed by atoms with Crippen molar-refractivity contribution >= 4 is 43.3 Å². The summed E-state index contributed by atoms with van der Waals surface area (Å²) in [6.07, 6.45) is 0. The average Bonchev–Trinajstić information content (AvgIpc) is 2.82. The molecule has 0 aliphatic rings. The van der Waals surface area contributed by atoms with E-state index >= 15 is 0 Å². The number of nitrogens with two attached hydrogens (primary N) is 1. The predicted octanol–water partition coefficient (Wildman–Crippen LogP) is 2.69. The smallest absolute Gasteiger partial charge is 0.198 e. The van der Waals surface area contributed by atoms with E-state index in [2.05, 4.69) is 35.9 Å². The topological polar surface area (TPSA) is 77.8 Å². The summed E-state index contributed by atoms with van der Waals surface area (Å²) >= 11 is 4.90. The normalized spacial score (nSPS) is 11.1. The van der Waals surface area contributed by atoms with E-state index in [1.54, 1.807) is 0 Å². The SMILES string of the molecule is Nc1nonc1-c1nc2cc(Br)ccc2s1. The van der Waals surface area contributed by atoms with Gasteiger partial charge in [-0.05, 0) is 28.5 Å². The second-order valence-electron chi connectivity index (χ2n) is 3.13. The third-order valence-corrected chi connectivity index (χ3v) is 3.60. The molecule has 0 spiro atoms. The molecule has 0 aliphatic carbocycles. The summed E-state index contributed by atoms with van der Waals surface area (Å²) in [5, 5.41) is 7.97. The Bertz CT molecular complexity index is 662. The van der Waals surface area contributed by atoms with E-state index in [0.717, 1.165) is 14.7 Å². The molecule has 0 aliphatic heterocycles. The number of hydrogen-bond donors (Lipinski definition) is 1. The van der Waals surface area contributed by atoms with Gasteiger partial charge >= 0.3 is 0 Å². The van der Waals surface area contributed by atoms with Gasteiger partial charge in [0.25, 0.3) is 0 Å². The quantitative estimate of drug-likeness (QED) is 0.747. The lowest BCUT2D eigenvalue weighted by atomic mass is 10.3. The fourth-order valence-corrected chi connectivity index (χ4v) is 2.63. The summed E-state index contributed by atoms with van der Waals surface area (Å²) in [7, 11) is 0. The monoisotopic (exact) mass is 296 g/mol. The molecule has 0 unspecified atom stereocenters. The predicted molar refractivity (Wildman–Crippen MR) is 65.0 cm³/mol. The molecule has 2 N–H and O–H groups in total. The van der Waals surface area contributed by atoms with Crippen LogP contribution in [0.4, 0.5) is 5.82 Å². The van der Waals surface area contributed by atoms with Gasteiger partial charge in [0.2, 0.25) is 0 Å². The van der Waals surface area contributed by atoms with Crippen molar-refractivity contribution in [1.82, 2.24) is 15.3 Å². The van der Waals surface area contributed by atoms with Gasteiger partial charge in [-0.1, -0.05) is 15.9 Å². The second kappa shape index (κ2) is 3.53. The Balaban J connectivity index is 2.23. The van der Waals surface area contributed by atoms with Gasteiger partial charge < -0.3 is 5.73 Å². The molecule has 0 saturated heterocycles. The van der Waals surface area contributed by atoms with Gasteiger partial charge in [0.1, 0.15) is 0 Å². The van der Waals surface area contributed by atoms with Crippen LogP contribution in [0, 0.1) is 0 Å². The molecule has 0 saturated carbocycles. The molecule has 3 rings (SSSR count). The lowest BCUT2D eigenvalue weighted by Gasteiger charge is -1.87. The van der Waals surface area contributed by atoms with Gasteiger partial charge in [-0.3, -0.25) is 0 Å². The molecule has 2 heterocycles. The van der Waals surface area contributed by atoms with Crippen LogP contribution >= 0.6 is 27.3 Å². The first-order chi connectivity index (χ1) is 7.74. The van der Waals surface area contributed by atoms with Gasteiger partial charge in [-0.25, -0.2) is 9.61 Å². The molecular weight excluding hydrogens is 292 g/mol.